The van der Waals surface area contributed by atoms with Gasteiger partial charge in [-0.3, -0.25) is 4.79 Å². The molecule has 0 atom stereocenters. The normalized spacial score (nSPS) is 10.8. The molecule has 2 aromatic heterocycles. The maximum absolute atomic E-state index is 12.1. The Bertz CT molecular complexity index is 880. The first-order valence-electron chi connectivity index (χ1n) is 7.31. The number of halogens is 2. The minimum Gasteiger partial charge on any atom is -0.324 e. The second-order valence-corrected chi connectivity index (χ2v) is 7.99. The van der Waals surface area contributed by atoms with Crippen molar-refractivity contribution < 1.29 is 4.79 Å². The second kappa shape index (κ2) is 8.23. The Morgan fingerprint density at radius 1 is 1.32 bits per heavy atom. The summed E-state index contributed by atoms with van der Waals surface area (Å²) in [5.74, 6) is 0.910. The number of rotatable bonds is 6. The summed E-state index contributed by atoms with van der Waals surface area (Å²) >= 11 is 14.9. The lowest BCUT2D eigenvalue weighted by atomic mass is 10.3. The van der Waals surface area contributed by atoms with Gasteiger partial charge in [0, 0.05) is 23.4 Å². The predicted octanol–water partition coefficient (Wildman–Crippen LogP) is 4.51. The quantitative estimate of drug-likeness (QED) is 0.605. The molecule has 0 aliphatic carbocycles. The van der Waals surface area contributed by atoms with Gasteiger partial charge in [0.25, 0.3) is 0 Å². The third-order valence-electron chi connectivity index (χ3n) is 3.38. The number of nitrogens with zero attached hydrogens (tertiary/aromatic N) is 3. The molecular formula is C16H14Cl2N4OS2. The third kappa shape index (κ3) is 4.76. The standard InChI is InChI=1S/C16H14Cl2N4OS2/c1-22-14(8-11-3-2-6-24-11)20-21-16(22)25-9-15(23)19-13-5-4-10(17)7-12(13)18/h2-7H,8-9H2,1H3,(H,19,23). The summed E-state index contributed by atoms with van der Waals surface area (Å²) in [6, 6.07) is 9.02. The number of thiophene rings is 1. The van der Waals surface area contributed by atoms with E-state index in [2.05, 4.69) is 21.6 Å². The molecule has 0 aliphatic rings. The molecule has 1 N–H and O–H groups in total. The van der Waals surface area contributed by atoms with Crippen LogP contribution in [0.4, 0.5) is 5.69 Å². The summed E-state index contributed by atoms with van der Waals surface area (Å²) in [6.45, 7) is 0. The molecule has 0 unspecified atom stereocenters. The molecular weight excluding hydrogens is 399 g/mol. The smallest absolute Gasteiger partial charge is 0.234 e. The molecule has 0 radical (unpaired) electrons. The maximum Gasteiger partial charge on any atom is 0.234 e. The molecule has 0 saturated heterocycles. The van der Waals surface area contributed by atoms with E-state index in [9.17, 15) is 4.79 Å². The zero-order valence-corrected chi connectivity index (χ0v) is 16.3. The minimum atomic E-state index is -0.169. The van der Waals surface area contributed by atoms with Crippen molar-refractivity contribution in [3.63, 3.8) is 0 Å². The lowest BCUT2D eigenvalue weighted by Gasteiger charge is -2.07. The number of amides is 1. The van der Waals surface area contributed by atoms with Crippen LogP contribution in [0.15, 0.2) is 40.9 Å². The van der Waals surface area contributed by atoms with E-state index >= 15 is 0 Å². The minimum absolute atomic E-state index is 0.169. The zero-order valence-electron chi connectivity index (χ0n) is 13.2. The van der Waals surface area contributed by atoms with E-state index in [1.807, 2.05) is 23.1 Å². The fourth-order valence-corrected chi connectivity index (χ4v) is 3.99. The van der Waals surface area contributed by atoms with Crippen LogP contribution in [-0.2, 0) is 18.3 Å². The molecule has 1 amide bonds. The number of nitrogens with one attached hydrogen (secondary N) is 1. The summed E-state index contributed by atoms with van der Waals surface area (Å²) < 4.78 is 1.91. The number of benzene rings is 1. The molecule has 5 nitrogen and oxygen atoms in total. The van der Waals surface area contributed by atoms with Crippen LogP contribution in [-0.4, -0.2) is 26.4 Å². The van der Waals surface area contributed by atoms with Gasteiger partial charge in [-0.2, -0.15) is 0 Å². The van der Waals surface area contributed by atoms with Gasteiger partial charge in [-0.05, 0) is 29.6 Å². The summed E-state index contributed by atoms with van der Waals surface area (Å²) in [7, 11) is 1.90. The highest BCUT2D eigenvalue weighted by atomic mass is 35.5. The lowest BCUT2D eigenvalue weighted by Crippen LogP contribution is -2.14. The van der Waals surface area contributed by atoms with Crippen molar-refractivity contribution in [1.29, 1.82) is 0 Å². The number of hydrogen-bond acceptors (Lipinski definition) is 5. The highest BCUT2D eigenvalue weighted by Crippen LogP contribution is 2.26. The van der Waals surface area contributed by atoms with Gasteiger partial charge < -0.3 is 9.88 Å². The Balaban J connectivity index is 1.58. The number of carbonyl (C=O) groups excluding carboxylic acids is 1. The molecule has 3 aromatic rings. The lowest BCUT2D eigenvalue weighted by molar-refractivity contribution is -0.113. The van der Waals surface area contributed by atoms with Crippen molar-refractivity contribution in [2.24, 2.45) is 7.05 Å². The fraction of sp³-hybridized carbons (Fsp3) is 0.188. The summed E-state index contributed by atoms with van der Waals surface area (Å²) in [4.78, 5) is 13.3. The second-order valence-electron chi connectivity index (χ2n) is 5.17. The maximum atomic E-state index is 12.1. The first kappa shape index (κ1) is 18.3. The largest absolute Gasteiger partial charge is 0.324 e. The number of hydrogen-bond donors (Lipinski definition) is 1. The van der Waals surface area contributed by atoms with E-state index in [0.29, 0.717) is 20.9 Å². The molecule has 0 aliphatic heterocycles. The van der Waals surface area contributed by atoms with Crippen LogP contribution in [0.1, 0.15) is 10.7 Å². The van der Waals surface area contributed by atoms with Gasteiger partial charge in [-0.25, -0.2) is 0 Å². The molecule has 0 saturated carbocycles. The zero-order chi connectivity index (χ0) is 17.8. The van der Waals surface area contributed by atoms with Crippen molar-refractivity contribution in [1.82, 2.24) is 14.8 Å². The van der Waals surface area contributed by atoms with Crippen molar-refractivity contribution in [2.75, 3.05) is 11.1 Å². The average Bonchev–Trinajstić information content (AvgIpc) is 3.20. The van der Waals surface area contributed by atoms with Crippen molar-refractivity contribution in [3.8, 4) is 0 Å². The number of carbonyl (C=O) groups is 1. The molecule has 25 heavy (non-hydrogen) atoms. The summed E-state index contributed by atoms with van der Waals surface area (Å²) in [5.41, 5.74) is 0.535. The highest BCUT2D eigenvalue weighted by molar-refractivity contribution is 7.99. The van der Waals surface area contributed by atoms with Crippen molar-refractivity contribution in [3.05, 3.63) is 56.5 Å². The average molecular weight is 413 g/mol. The van der Waals surface area contributed by atoms with E-state index < -0.39 is 0 Å². The van der Waals surface area contributed by atoms with Gasteiger partial charge in [0.1, 0.15) is 5.82 Å². The van der Waals surface area contributed by atoms with Crippen molar-refractivity contribution >= 4 is 57.9 Å². The monoisotopic (exact) mass is 412 g/mol. The van der Waals surface area contributed by atoms with Crippen LogP contribution in [0, 0.1) is 0 Å². The summed E-state index contributed by atoms with van der Waals surface area (Å²) in [5, 5.41) is 14.8. The molecule has 2 heterocycles. The number of aromatic nitrogens is 3. The van der Waals surface area contributed by atoms with E-state index in [1.54, 1.807) is 29.5 Å². The Labute approximate surface area is 163 Å². The highest BCUT2D eigenvalue weighted by Gasteiger charge is 2.13. The van der Waals surface area contributed by atoms with Crippen LogP contribution in [0.25, 0.3) is 0 Å². The van der Waals surface area contributed by atoms with E-state index in [-0.39, 0.29) is 11.7 Å². The Morgan fingerprint density at radius 3 is 2.88 bits per heavy atom. The van der Waals surface area contributed by atoms with E-state index in [4.69, 9.17) is 23.2 Å². The number of anilines is 1. The first-order valence-corrected chi connectivity index (χ1v) is 9.93. The Kier molecular flexibility index (Phi) is 6.01. The van der Waals surface area contributed by atoms with Gasteiger partial charge in [0.05, 0.1) is 16.5 Å². The molecule has 0 fully saturated rings. The molecule has 0 bridgehead atoms. The fourth-order valence-electron chi connectivity index (χ4n) is 2.10. The van der Waals surface area contributed by atoms with Gasteiger partial charge >= 0.3 is 0 Å². The molecule has 9 heteroatoms. The molecule has 130 valence electrons. The van der Waals surface area contributed by atoms with Crippen LogP contribution >= 0.6 is 46.3 Å². The van der Waals surface area contributed by atoms with Gasteiger partial charge in [-0.1, -0.05) is 41.0 Å². The van der Waals surface area contributed by atoms with Crippen LogP contribution in [0.2, 0.25) is 10.0 Å². The Hall–Kier alpha value is -1.54. The SMILES string of the molecule is Cn1c(Cc2cccs2)nnc1SCC(=O)Nc1ccc(Cl)cc1Cl. The molecule has 0 spiro atoms. The van der Waals surface area contributed by atoms with Gasteiger partial charge in [0.2, 0.25) is 5.91 Å². The van der Waals surface area contributed by atoms with Crippen molar-refractivity contribution in [2.45, 2.75) is 11.6 Å². The van der Waals surface area contributed by atoms with E-state index in [0.717, 1.165) is 12.2 Å². The molecule has 1 aromatic carbocycles. The predicted molar refractivity (Wildman–Crippen MR) is 104 cm³/mol. The third-order valence-corrected chi connectivity index (χ3v) is 5.82. The van der Waals surface area contributed by atoms with Crippen LogP contribution in [0.5, 0.6) is 0 Å². The Morgan fingerprint density at radius 2 is 2.16 bits per heavy atom. The van der Waals surface area contributed by atoms with Gasteiger partial charge in [0.15, 0.2) is 5.16 Å². The van der Waals surface area contributed by atoms with E-state index in [1.165, 1.54) is 16.6 Å². The molecule has 3 rings (SSSR count). The topological polar surface area (TPSA) is 59.8 Å². The summed E-state index contributed by atoms with van der Waals surface area (Å²) in [6.07, 6.45) is 0.730. The first-order chi connectivity index (χ1) is 12.0. The number of thioether (sulfide) groups is 1. The van der Waals surface area contributed by atoms with Crippen LogP contribution in [0.3, 0.4) is 0 Å². The van der Waals surface area contributed by atoms with Gasteiger partial charge in [-0.15, -0.1) is 21.5 Å². The van der Waals surface area contributed by atoms with Crippen LogP contribution < -0.4 is 5.32 Å².